The van der Waals surface area contributed by atoms with Crippen molar-refractivity contribution in [2.75, 3.05) is 6.54 Å². The molecular weight excluding hydrogens is 323 g/mol. The third kappa shape index (κ3) is 4.00. The number of halogens is 2. The number of hydrogen-bond acceptors (Lipinski definition) is 3. The Morgan fingerprint density at radius 2 is 2.23 bits per heavy atom. The zero-order chi connectivity index (χ0) is 14.8. The van der Waals surface area contributed by atoms with Gasteiger partial charge in [-0.25, -0.2) is 4.68 Å². The van der Waals surface area contributed by atoms with Crippen molar-refractivity contribution < 1.29 is 4.79 Å². The fourth-order valence-electron chi connectivity index (χ4n) is 2.20. The lowest BCUT2D eigenvalue weighted by molar-refractivity contribution is 0.0945. The SMILES string of the molecule is Cl.NC(CNC(=O)c1ccn(-c2cccc(Cl)c2)n1)C1CC1. The minimum Gasteiger partial charge on any atom is -0.349 e. The van der Waals surface area contributed by atoms with Gasteiger partial charge in [-0.15, -0.1) is 12.4 Å². The topological polar surface area (TPSA) is 72.9 Å². The first-order valence-corrected chi connectivity index (χ1v) is 7.36. The molecule has 3 rings (SSSR count). The molecule has 0 bridgehead atoms. The zero-order valence-corrected chi connectivity index (χ0v) is 13.5. The second kappa shape index (κ2) is 7.13. The summed E-state index contributed by atoms with van der Waals surface area (Å²) in [4.78, 5) is 12.0. The fourth-order valence-corrected chi connectivity index (χ4v) is 2.38. The van der Waals surface area contributed by atoms with Gasteiger partial charge in [0.2, 0.25) is 0 Å². The van der Waals surface area contributed by atoms with Gasteiger partial charge in [-0.05, 0) is 43.0 Å². The number of carbonyl (C=O) groups is 1. The van der Waals surface area contributed by atoms with E-state index in [4.69, 9.17) is 17.3 Å². The van der Waals surface area contributed by atoms with Gasteiger partial charge < -0.3 is 11.1 Å². The quantitative estimate of drug-likeness (QED) is 0.877. The van der Waals surface area contributed by atoms with Crippen LogP contribution < -0.4 is 11.1 Å². The second-order valence-electron chi connectivity index (χ2n) is 5.34. The van der Waals surface area contributed by atoms with Crippen molar-refractivity contribution in [1.82, 2.24) is 15.1 Å². The molecule has 1 atom stereocenters. The number of benzene rings is 1. The number of hydrogen-bond donors (Lipinski definition) is 2. The third-order valence-corrected chi connectivity index (χ3v) is 3.86. The van der Waals surface area contributed by atoms with Crippen molar-refractivity contribution in [3.05, 3.63) is 47.2 Å². The van der Waals surface area contributed by atoms with Crippen LogP contribution in [0, 0.1) is 5.92 Å². The van der Waals surface area contributed by atoms with E-state index in [1.807, 2.05) is 12.1 Å². The number of aromatic nitrogens is 2. The Morgan fingerprint density at radius 3 is 2.91 bits per heavy atom. The van der Waals surface area contributed by atoms with Gasteiger partial charge in [-0.3, -0.25) is 4.79 Å². The van der Waals surface area contributed by atoms with E-state index < -0.39 is 0 Å². The largest absolute Gasteiger partial charge is 0.349 e. The van der Waals surface area contributed by atoms with Crippen LogP contribution in [0.25, 0.3) is 5.69 Å². The first kappa shape index (κ1) is 16.8. The van der Waals surface area contributed by atoms with Crippen LogP contribution >= 0.6 is 24.0 Å². The van der Waals surface area contributed by atoms with Gasteiger partial charge in [0.15, 0.2) is 5.69 Å². The highest BCUT2D eigenvalue weighted by Gasteiger charge is 2.28. The first-order chi connectivity index (χ1) is 10.1. The molecule has 0 aliphatic heterocycles. The van der Waals surface area contributed by atoms with E-state index in [-0.39, 0.29) is 24.4 Å². The molecule has 1 aromatic carbocycles. The molecule has 3 N–H and O–H groups in total. The van der Waals surface area contributed by atoms with Gasteiger partial charge in [0.1, 0.15) is 0 Å². The van der Waals surface area contributed by atoms with Crippen LogP contribution in [0.3, 0.4) is 0 Å². The van der Waals surface area contributed by atoms with Crippen molar-refractivity contribution in [2.45, 2.75) is 18.9 Å². The maximum Gasteiger partial charge on any atom is 0.271 e. The number of carbonyl (C=O) groups excluding carboxylic acids is 1. The molecule has 0 spiro atoms. The molecule has 7 heteroatoms. The molecule has 0 saturated heterocycles. The lowest BCUT2D eigenvalue weighted by Crippen LogP contribution is -2.38. The number of nitrogens with zero attached hydrogens (tertiary/aromatic N) is 2. The highest BCUT2D eigenvalue weighted by Crippen LogP contribution is 2.31. The van der Waals surface area contributed by atoms with Crippen LogP contribution in [-0.2, 0) is 0 Å². The Morgan fingerprint density at radius 1 is 1.45 bits per heavy atom. The zero-order valence-electron chi connectivity index (χ0n) is 11.9. The van der Waals surface area contributed by atoms with E-state index in [1.165, 1.54) is 12.8 Å². The number of amides is 1. The van der Waals surface area contributed by atoms with Crippen LogP contribution in [0.5, 0.6) is 0 Å². The molecule has 1 amide bonds. The number of nitrogens with two attached hydrogens (primary N) is 1. The summed E-state index contributed by atoms with van der Waals surface area (Å²) in [6.07, 6.45) is 4.07. The molecule has 1 fully saturated rings. The van der Waals surface area contributed by atoms with Crippen molar-refractivity contribution in [3.63, 3.8) is 0 Å². The van der Waals surface area contributed by atoms with E-state index >= 15 is 0 Å². The minimum atomic E-state index is -0.202. The molecule has 1 aliphatic carbocycles. The Kier molecular flexibility index (Phi) is 5.45. The summed E-state index contributed by atoms with van der Waals surface area (Å²) >= 11 is 5.95. The smallest absolute Gasteiger partial charge is 0.271 e. The molecule has 1 aliphatic rings. The summed E-state index contributed by atoms with van der Waals surface area (Å²) in [6.45, 7) is 0.494. The second-order valence-corrected chi connectivity index (χ2v) is 5.77. The number of rotatable bonds is 5. The maximum atomic E-state index is 12.0. The van der Waals surface area contributed by atoms with Crippen LogP contribution in [0.4, 0.5) is 0 Å². The molecular formula is C15H18Cl2N4O. The Balaban J connectivity index is 0.00000176. The fraction of sp³-hybridized carbons (Fsp3) is 0.333. The van der Waals surface area contributed by atoms with Gasteiger partial charge in [0.25, 0.3) is 5.91 Å². The average molecular weight is 341 g/mol. The average Bonchev–Trinajstić information content (AvgIpc) is 3.21. The summed E-state index contributed by atoms with van der Waals surface area (Å²) in [6, 6.07) is 9.03. The molecule has 5 nitrogen and oxygen atoms in total. The summed E-state index contributed by atoms with van der Waals surface area (Å²) in [5.74, 6) is 0.362. The number of nitrogens with one attached hydrogen (secondary N) is 1. The maximum absolute atomic E-state index is 12.0. The van der Waals surface area contributed by atoms with Crippen LogP contribution in [0.15, 0.2) is 36.5 Å². The molecule has 22 heavy (non-hydrogen) atoms. The molecule has 1 saturated carbocycles. The van der Waals surface area contributed by atoms with E-state index in [1.54, 1.807) is 29.1 Å². The third-order valence-electron chi connectivity index (χ3n) is 3.62. The van der Waals surface area contributed by atoms with Crippen LogP contribution in [-0.4, -0.2) is 28.3 Å². The predicted molar refractivity (Wildman–Crippen MR) is 88.9 cm³/mol. The van der Waals surface area contributed by atoms with Crippen molar-refractivity contribution in [3.8, 4) is 5.69 Å². The Bertz CT molecular complexity index is 654. The summed E-state index contributed by atoms with van der Waals surface area (Å²) in [7, 11) is 0. The van der Waals surface area contributed by atoms with Gasteiger partial charge in [0, 0.05) is 23.8 Å². The van der Waals surface area contributed by atoms with Crippen LogP contribution in [0.1, 0.15) is 23.3 Å². The molecule has 1 aromatic heterocycles. The molecule has 0 radical (unpaired) electrons. The lowest BCUT2D eigenvalue weighted by atomic mass is 10.2. The molecule has 118 valence electrons. The van der Waals surface area contributed by atoms with Gasteiger partial charge in [0.05, 0.1) is 5.69 Å². The normalized spacial score (nSPS) is 15.0. The lowest BCUT2D eigenvalue weighted by Gasteiger charge is -2.10. The van der Waals surface area contributed by atoms with Crippen molar-refractivity contribution >= 4 is 29.9 Å². The molecule has 1 heterocycles. The standard InChI is InChI=1S/C15H17ClN4O.ClH/c16-11-2-1-3-12(8-11)20-7-6-14(19-20)15(21)18-9-13(17)10-4-5-10;/h1-3,6-8,10,13H,4-5,9,17H2,(H,18,21);1H. The first-order valence-electron chi connectivity index (χ1n) is 6.99. The highest BCUT2D eigenvalue weighted by atomic mass is 35.5. The van der Waals surface area contributed by atoms with E-state index in [2.05, 4.69) is 10.4 Å². The van der Waals surface area contributed by atoms with Crippen molar-refractivity contribution in [2.24, 2.45) is 11.7 Å². The summed E-state index contributed by atoms with van der Waals surface area (Å²) < 4.78 is 1.63. The minimum absolute atomic E-state index is 0. The monoisotopic (exact) mass is 340 g/mol. The van der Waals surface area contributed by atoms with Gasteiger partial charge in [-0.1, -0.05) is 17.7 Å². The summed E-state index contributed by atoms with van der Waals surface area (Å²) in [5, 5.41) is 7.72. The van der Waals surface area contributed by atoms with E-state index in [0.29, 0.717) is 23.2 Å². The van der Waals surface area contributed by atoms with E-state index in [9.17, 15) is 4.79 Å². The molecule has 1 unspecified atom stereocenters. The summed E-state index contributed by atoms with van der Waals surface area (Å²) in [5.41, 5.74) is 7.15. The highest BCUT2D eigenvalue weighted by molar-refractivity contribution is 6.30. The Hall–Kier alpha value is -1.56. The van der Waals surface area contributed by atoms with E-state index in [0.717, 1.165) is 5.69 Å². The Labute approximate surface area is 140 Å². The molecule has 2 aromatic rings. The van der Waals surface area contributed by atoms with Gasteiger partial charge in [-0.2, -0.15) is 5.10 Å². The predicted octanol–water partition coefficient (Wildman–Crippen LogP) is 2.41. The van der Waals surface area contributed by atoms with Gasteiger partial charge >= 0.3 is 0 Å². The van der Waals surface area contributed by atoms with Crippen LogP contribution in [0.2, 0.25) is 5.02 Å². The van der Waals surface area contributed by atoms with Crippen molar-refractivity contribution in [1.29, 1.82) is 0 Å².